The van der Waals surface area contributed by atoms with Crippen LogP contribution in [0.4, 0.5) is 0 Å². The van der Waals surface area contributed by atoms with E-state index in [1.807, 2.05) is 6.92 Å². The van der Waals surface area contributed by atoms with E-state index in [2.05, 4.69) is 4.98 Å². The first-order chi connectivity index (χ1) is 9.01. The van der Waals surface area contributed by atoms with E-state index in [1.54, 1.807) is 0 Å². The molecule has 5 nitrogen and oxygen atoms in total. The molecular weight excluding hydrogens is 289 g/mol. The third-order valence-corrected chi connectivity index (χ3v) is 3.56. The molecule has 1 aromatic rings. The standard InChI is InChI=1S/C12H13Cl2N3O2/c1-2-16-6-12(19)17(7-11(16)18)5-8-4-15-10(14)3-9(8)13/h3-4H,2,5-7H2,1H3. The van der Waals surface area contributed by atoms with Gasteiger partial charge in [0.05, 0.1) is 11.6 Å². The van der Waals surface area contributed by atoms with Crippen LogP contribution in [-0.2, 0) is 16.1 Å². The predicted octanol–water partition coefficient (Wildman–Crippen LogP) is 1.58. The number of likely N-dealkylation sites (N-methyl/N-ethyl adjacent to an activating group) is 1. The number of amides is 2. The molecule has 19 heavy (non-hydrogen) atoms. The first kappa shape index (κ1) is 14.1. The van der Waals surface area contributed by atoms with E-state index in [0.29, 0.717) is 22.3 Å². The van der Waals surface area contributed by atoms with Crippen molar-refractivity contribution >= 4 is 35.0 Å². The molecule has 0 radical (unpaired) electrons. The van der Waals surface area contributed by atoms with Gasteiger partial charge in [-0.05, 0) is 13.0 Å². The highest BCUT2D eigenvalue weighted by Gasteiger charge is 2.29. The molecule has 0 aliphatic carbocycles. The monoisotopic (exact) mass is 301 g/mol. The Morgan fingerprint density at radius 1 is 1.21 bits per heavy atom. The zero-order valence-corrected chi connectivity index (χ0v) is 11.9. The molecule has 0 aromatic carbocycles. The average Bonchev–Trinajstić information content (AvgIpc) is 2.36. The first-order valence-corrected chi connectivity index (χ1v) is 6.62. The number of pyridine rings is 1. The van der Waals surface area contributed by atoms with Gasteiger partial charge in [-0.15, -0.1) is 0 Å². The normalized spacial score (nSPS) is 16.2. The second kappa shape index (κ2) is 5.75. The summed E-state index contributed by atoms with van der Waals surface area (Å²) < 4.78 is 0. The Bertz CT molecular complexity index is 522. The molecule has 7 heteroatoms. The molecule has 0 unspecified atom stereocenters. The summed E-state index contributed by atoms with van der Waals surface area (Å²) in [6.45, 7) is 2.85. The summed E-state index contributed by atoms with van der Waals surface area (Å²) in [5, 5.41) is 0.741. The summed E-state index contributed by atoms with van der Waals surface area (Å²) in [5.41, 5.74) is 0.678. The maximum atomic E-state index is 11.9. The van der Waals surface area contributed by atoms with Crippen LogP contribution in [0.2, 0.25) is 10.2 Å². The quantitative estimate of drug-likeness (QED) is 0.797. The number of piperazine rings is 1. The van der Waals surface area contributed by atoms with Gasteiger partial charge in [0, 0.05) is 24.8 Å². The lowest BCUT2D eigenvalue weighted by Crippen LogP contribution is -2.53. The van der Waals surface area contributed by atoms with Crippen LogP contribution in [-0.4, -0.2) is 46.2 Å². The van der Waals surface area contributed by atoms with Gasteiger partial charge >= 0.3 is 0 Å². The number of aromatic nitrogens is 1. The minimum atomic E-state index is -0.0903. The zero-order chi connectivity index (χ0) is 14.0. The van der Waals surface area contributed by atoms with Gasteiger partial charge in [-0.3, -0.25) is 9.59 Å². The molecule has 102 valence electrons. The Morgan fingerprint density at radius 2 is 1.84 bits per heavy atom. The number of nitrogens with zero attached hydrogens (tertiary/aromatic N) is 3. The van der Waals surface area contributed by atoms with Crippen LogP contribution in [0.3, 0.4) is 0 Å². The minimum absolute atomic E-state index is 0.0554. The van der Waals surface area contributed by atoms with Crippen LogP contribution < -0.4 is 0 Å². The Hall–Kier alpha value is -1.33. The van der Waals surface area contributed by atoms with E-state index in [4.69, 9.17) is 23.2 Å². The fourth-order valence-corrected chi connectivity index (χ4v) is 2.32. The van der Waals surface area contributed by atoms with E-state index in [0.717, 1.165) is 0 Å². The molecule has 0 spiro atoms. The van der Waals surface area contributed by atoms with Gasteiger partial charge in [-0.2, -0.15) is 0 Å². The molecule has 1 saturated heterocycles. The van der Waals surface area contributed by atoms with Gasteiger partial charge < -0.3 is 9.80 Å². The summed E-state index contributed by atoms with van der Waals surface area (Å²) in [4.78, 5) is 30.6. The van der Waals surface area contributed by atoms with Crippen LogP contribution in [0.15, 0.2) is 12.3 Å². The molecule has 0 N–H and O–H groups in total. The van der Waals surface area contributed by atoms with Crippen molar-refractivity contribution in [3.05, 3.63) is 28.0 Å². The van der Waals surface area contributed by atoms with E-state index >= 15 is 0 Å². The second-order valence-electron chi connectivity index (χ2n) is 4.26. The van der Waals surface area contributed by atoms with Crippen molar-refractivity contribution in [1.82, 2.24) is 14.8 Å². The fraction of sp³-hybridized carbons (Fsp3) is 0.417. The van der Waals surface area contributed by atoms with E-state index in [-0.39, 0.29) is 31.4 Å². The van der Waals surface area contributed by atoms with Crippen LogP contribution >= 0.6 is 23.2 Å². The first-order valence-electron chi connectivity index (χ1n) is 5.86. The number of carbonyl (C=O) groups is 2. The van der Waals surface area contributed by atoms with Gasteiger partial charge in [0.25, 0.3) is 0 Å². The topological polar surface area (TPSA) is 53.5 Å². The van der Waals surface area contributed by atoms with E-state index in [1.165, 1.54) is 22.1 Å². The Kier molecular flexibility index (Phi) is 4.27. The fourth-order valence-electron chi connectivity index (χ4n) is 1.89. The van der Waals surface area contributed by atoms with Crippen molar-refractivity contribution in [3.8, 4) is 0 Å². The average molecular weight is 302 g/mol. The number of carbonyl (C=O) groups excluding carboxylic acids is 2. The van der Waals surface area contributed by atoms with Crippen molar-refractivity contribution < 1.29 is 9.59 Å². The lowest BCUT2D eigenvalue weighted by molar-refractivity contribution is -0.150. The summed E-state index contributed by atoms with van der Waals surface area (Å²) in [5.74, 6) is -0.146. The Labute approximate surface area is 121 Å². The SMILES string of the molecule is CCN1CC(=O)N(Cc2cnc(Cl)cc2Cl)CC1=O. The van der Waals surface area contributed by atoms with Gasteiger partial charge in [0.1, 0.15) is 11.7 Å². The molecule has 0 atom stereocenters. The summed E-state index contributed by atoms with van der Waals surface area (Å²) in [6, 6.07) is 1.52. The minimum Gasteiger partial charge on any atom is -0.332 e. The summed E-state index contributed by atoms with van der Waals surface area (Å²) in [7, 11) is 0. The van der Waals surface area contributed by atoms with Gasteiger partial charge in [-0.1, -0.05) is 23.2 Å². The third kappa shape index (κ3) is 3.16. The maximum absolute atomic E-state index is 11.9. The molecule has 0 saturated carbocycles. The predicted molar refractivity (Wildman–Crippen MR) is 71.9 cm³/mol. The molecular formula is C12H13Cl2N3O2. The van der Waals surface area contributed by atoms with Gasteiger partial charge in [0.15, 0.2) is 0 Å². The molecule has 1 aliphatic rings. The van der Waals surface area contributed by atoms with Crippen molar-refractivity contribution in [2.45, 2.75) is 13.5 Å². The van der Waals surface area contributed by atoms with Crippen molar-refractivity contribution in [3.63, 3.8) is 0 Å². The molecule has 2 amide bonds. The van der Waals surface area contributed by atoms with Crippen molar-refractivity contribution in [2.24, 2.45) is 0 Å². The summed E-state index contributed by atoms with van der Waals surface area (Å²) >= 11 is 11.7. The highest BCUT2D eigenvalue weighted by Crippen LogP contribution is 2.21. The Balaban J connectivity index is 2.11. The molecule has 1 aliphatic heterocycles. The van der Waals surface area contributed by atoms with Crippen LogP contribution in [0.25, 0.3) is 0 Å². The largest absolute Gasteiger partial charge is 0.332 e. The highest BCUT2D eigenvalue weighted by molar-refractivity contribution is 6.34. The summed E-state index contributed by atoms with van der Waals surface area (Å²) in [6.07, 6.45) is 1.52. The lowest BCUT2D eigenvalue weighted by Gasteiger charge is -2.33. The van der Waals surface area contributed by atoms with Crippen LogP contribution in [0.1, 0.15) is 12.5 Å². The highest BCUT2D eigenvalue weighted by atomic mass is 35.5. The van der Waals surface area contributed by atoms with E-state index in [9.17, 15) is 9.59 Å². The number of halogens is 2. The maximum Gasteiger partial charge on any atom is 0.242 e. The molecule has 0 bridgehead atoms. The Morgan fingerprint density at radius 3 is 2.47 bits per heavy atom. The van der Waals surface area contributed by atoms with E-state index < -0.39 is 0 Å². The van der Waals surface area contributed by atoms with Gasteiger partial charge in [0.2, 0.25) is 11.8 Å². The van der Waals surface area contributed by atoms with Crippen molar-refractivity contribution in [1.29, 1.82) is 0 Å². The molecule has 2 heterocycles. The molecule has 1 fully saturated rings. The van der Waals surface area contributed by atoms with Gasteiger partial charge in [-0.25, -0.2) is 4.98 Å². The second-order valence-corrected chi connectivity index (χ2v) is 5.05. The zero-order valence-electron chi connectivity index (χ0n) is 10.4. The van der Waals surface area contributed by atoms with Crippen molar-refractivity contribution in [2.75, 3.05) is 19.6 Å². The molecule has 2 rings (SSSR count). The number of hydrogen-bond donors (Lipinski definition) is 0. The number of hydrogen-bond acceptors (Lipinski definition) is 3. The third-order valence-electron chi connectivity index (χ3n) is 3.00. The lowest BCUT2D eigenvalue weighted by atomic mass is 10.2. The smallest absolute Gasteiger partial charge is 0.242 e. The number of rotatable bonds is 3. The van der Waals surface area contributed by atoms with Crippen LogP contribution in [0.5, 0.6) is 0 Å². The molecule has 1 aromatic heterocycles. The van der Waals surface area contributed by atoms with Crippen LogP contribution in [0, 0.1) is 0 Å².